The zero-order valence-electron chi connectivity index (χ0n) is 11.0. The summed E-state index contributed by atoms with van der Waals surface area (Å²) in [7, 11) is -4.83. The topological polar surface area (TPSA) is 113 Å². The Bertz CT molecular complexity index is 698. The number of carbonyl (C=O) groups excluding carboxylic acids is 2. The molecule has 1 aromatic carbocycles. The second-order valence-corrected chi connectivity index (χ2v) is 5.59. The van der Waals surface area contributed by atoms with E-state index in [0.29, 0.717) is 0 Å². The van der Waals surface area contributed by atoms with Crippen molar-refractivity contribution in [2.75, 3.05) is 11.6 Å². The first-order chi connectivity index (χ1) is 9.86. The Hall–Kier alpha value is -2.26. The number of amides is 1. The first kappa shape index (κ1) is 15.1. The number of anilines is 1. The van der Waals surface area contributed by atoms with Crippen LogP contribution in [0.2, 0.25) is 0 Å². The van der Waals surface area contributed by atoms with Crippen molar-refractivity contribution in [3.8, 4) is 0 Å². The van der Waals surface area contributed by atoms with Crippen LogP contribution in [0.15, 0.2) is 35.4 Å². The number of nitrogens with zero attached hydrogens (tertiary/aromatic N) is 2. The van der Waals surface area contributed by atoms with E-state index in [9.17, 15) is 22.6 Å². The van der Waals surface area contributed by atoms with Crippen molar-refractivity contribution in [2.24, 2.45) is 5.10 Å². The summed E-state index contributed by atoms with van der Waals surface area (Å²) >= 11 is 0. The summed E-state index contributed by atoms with van der Waals surface area (Å²) in [5.41, 5.74) is -0.386. The first-order valence-corrected chi connectivity index (χ1v) is 7.47. The van der Waals surface area contributed by atoms with E-state index in [-0.39, 0.29) is 12.3 Å². The minimum Gasteiger partial charge on any atom is -0.461 e. The van der Waals surface area contributed by atoms with E-state index in [0.717, 1.165) is 5.01 Å². The lowest BCUT2D eigenvalue weighted by atomic mass is 10.2. The number of hydrogen-bond acceptors (Lipinski definition) is 6. The smallest absolute Gasteiger partial charge is 0.356 e. The number of esters is 1. The van der Waals surface area contributed by atoms with Gasteiger partial charge < -0.3 is 4.74 Å². The van der Waals surface area contributed by atoms with E-state index >= 15 is 0 Å². The Kier molecular flexibility index (Phi) is 4.05. The zero-order valence-corrected chi connectivity index (χ0v) is 11.8. The molecule has 0 saturated carbocycles. The second kappa shape index (κ2) is 5.62. The van der Waals surface area contributed by atoms with Gasteiger partial charge in [0.25, 0.3) is 16.0 Å². The SMILES string of the molecule is CCOC(=O)C1=NN(c2ccccc2)C(=O)[C@@H]1S(=O)(=O)O. The van der Waals surface area contributed by atoms with Crippen LogP contribution in [0.25, 0.3) is 0 Å². The van der Waals surface area contributed by atoms with Crippen LogP contribution in [-0.4, -0.2) is 42.4 Å². The van der Waals surface area contributed by atoms with Crippen LogP contribution in [0.1, 0.15) is 6.92 Å². The Balaban J connectivity index is 2.47. The van der Waals surface area contributed by atoms with Crippen LogP contribution in [0.3, 0.4) is 0 Å². The molecule has 0 spiro atoms. The molecule has 0 saturated heterocycles. The summed E-state index contributed by atoms with van der Waals surface area (Å²) in [4.78, 5) is 23.9. The summed E-state index contributed by atoms with van der Waals surface area (Å²) in [6, 6.07) is 7.94. The molecule has 9 heteroatoms. The highest BCUT2D eigenvalue weighted by Gasteiger charge is 2.48. The fraction of sp³-hybridized carbons (Fsp3) is 0.250. The normalized spacial score (nSPS) is 18.6. The molecule has 8 nitrogen and oxygen atoms in total. The molecule has 0 unspecified atom stereocenters. The molecule has 21 heavy (non-hydrogen) atoms. The Morgan fingerprint density at radius 2 is 2.00 bits per heavy atom. The third kappa shape index (κ3) is 2.93. The van der Waals surface area contributed by atoms with Gasteiger partial charge in [0, 0.05) is 0 Å². The monoisotopic (exact) mass is 312 g/mol. The van der Waals surface area contributed by atoms with E-state index in [1.807, 2.05) is 0 Å². The fourth-order valence-electron chi connectivity index (χ4n) is 1.81. The van der Waals surface area contributed by atoms with Gasteiger partial charge >= 0.3 is 5.97 Å². The summed E-state index contributed by atoms with van der Waals surface area (Å²) in [5.74, 6) is -2.10. The summed E-state index contributed by atoms with van der Waals surface area (Å²) in [6.07, 6.45) is 0. The highest BCUT2D eigenvalue weighted by atomic mass is 32.2. The van der Waals surface area contributed by atoms with Gasteiger partial charge in [-0.2, -0.15) is 18.5 Å². The van der Waals surface area contributed by atoms with E-state index in [2.05, 4.69) is 9.84 Å². The Labute approximate surface area is 120 Å². The molecule has 1 heterocycles. The Morgan fingerprint density at radius 1 is 1.38 bits per heavy atom. The third-order valence-corrected chi connectivity index (χ3v) is 3.69. The molecule has 1 atom stereocenters. The van der Waals surface area contributed by atoms with E-state index < -0.39 is 33.0 Å². The van der Waals surface area contributed by atoms with Crippen LogP contribution in [-0.2, 0) is 24.4 Å². The van der Waals surface area contributed by atoms with Gasteiger partial charge in [0.05, 0.1) is 12.3 Å². The van der Waals surface area contributed by atoms with Crippen LogP contribution in [0, 0.1) is 0 Å². The first-order valence-electron chi connectivity index (χ1n) is 5.97. The van der Waals surface area contributed by atoms with Crippen LogP contribution >= 0.6 is 0 Å². The number of hydrogen-bond donors (Lipinski definition) is 1. The number of para-hydroxylation sites is 1. The van der Waals surface area contributed by atoms with Crippen LogP contribution in [0.4, 0.5) is 5.69 Å². The fourth-order valence-corrected chi connectivity index (χ4v) is 2.59. The molecule has 1 aliphatic rings. The van der Waals surface area contributed by atoms with Gasteiger partial charge in [-0.15, -0.1) is 0 Å². The average molecular weight is 312 g/mol. The third-order valence-electron chi connectivity index (χ3n) is 2.67. The predicted octanol–water partition coefficient (Wildman–Crippen LogP) is 0.209. The lowest BCUT2D eigenvalue weighted by Gasteiger charge is -2.12. The van der Waals surface area contributed by atoms with Crippen molar-refractivity contribution >= 4 is 33.4 Å². The van der Waals surface area contributed by atoms with Gasteiger partial charge in [-0.25, -0.2) is 4.79 Å². The lowest BCUT2D eigenvalue weighted by molar-refractivity contribution is -0.135. The quantitative estimate of drug-likeness (QED) is 0.628. The van der Waals surface area contributed by atoms with Crippen molar-refractivity contribution in [3.05, 3.63) is 30.3 Å². The average Bonchev–Trinajstić information content (AvgIpc) is 2.77. The van der Waals surface area contributed by atoms with Crippen molar-refractivity contribution in [3.63, 3.8) is 0 Å². The van der Waals surface area contributed by atoms with Crippen molar-refractivity contribution < 1.29 is 27.3 Å². The number of rotatable bonds is 4. The minimum atomic E-state index is -4.83. The van der Waals surface area contributed by atoms with Gasteiger partial charge in [0.2, 0.25) is 5.25 Å². The molecule has 0 bridgehead atoms. The molecule has 0 aliphatic carbocycles. The minimum absolute atomic E-state index is 0.0183. The summed E-state index contributed by atoms with van der Waals surface area (Å²) < 4.78 is 36.6. The summed E-state index contributed by atoms with van der Waals surface area (Å²) in [6.45, 7) is 1.50. The van der Waals surface area contributed by atoms with Crippen molar-refractivity contribution in [1.82, 2.24) is 0 Å². The molecule has 1 aliphatic heterocycles. The van der Waals surface area contributed by atoms with E-state index in [1.54, 1.807) is 18.2 Å². The van der Waals surface area contributed by atoms with Crippen molar-refractivity contribution in [1.29, 1.82) is 0 Å². The van der Waals surface area contributed by atoms with E-state index in [4.69, 9.17) is 0 Å². The maximum atomic E-state index is 12.1. The molecular formula is C12H12N2O6S. The number of benzene rings is 1. The molecule has 112 valence electrons. The number of carbonyl (C=O) groups is 2. The largest absolute Gasteiger partial charge is 0.461 e. The van der Waals surface area contributed by atoms with Gasteiger partial charge in [-0.3, -0.25) is 9.35 Å². The standard InChI is InChI=1S/C12H12N2O6S/c1-2-20-12(16)9-10(21(17,18)19)11(15)14(13-9)8-6-4-3-5-7-8/h3-7,10H,2H2,1H3,(H,17,18,19)/t10-/m1/s1. The molecular weight excluding hydrogens is 300 g/mol. The van der Waals surface area contributed by atoms with Gasteiger partial charge in [0.15, 0.2) is 5.71 Å². The van der Waals surface area contributed by atoms with Gasteiger partial charge in [-0.1, -0.05) is 18.2 Å². The number of ether oxygens (including phenoxy) is 1. The Morgan fingerprint density at radius 3 is 2.52 bits per heavy atom. The summed E-state index contributed by atoms with van der Waals surface area (Å²) in [5, 5.41) is 2.37. The zero-order chi connectivity index (χ0) is 15.6. The van der Waals surface area contributed by atoms with E-state index in [1.165, 1.54) is 19.1 Å². The van der Waals surface area contributed by atoms with Gasteiger partial charge in [0.1, 0.15) is 0 Å². The second-order valence-electron chi connectivity index (χ2n) is 4.09. The molecule has 1 aromatic rings. The van der Waals surface area contributed by atoms with Crippen molar-refractivity contribution in [2.45, 2.75) is 12.2 Å². The van der Waals surface area contributed by atoms with Gasteiger partial charge in [-0.05, 0) is 19.1 Å². The molecule has 1 N–H and O–H groups in total. The maximum Gasteiger partial charge on any atom is 0.356 e. The molecule has 0 aromatic heterocycles. The molecule has 2 rings (SSSR count). The lowest BCUT2D eigenvalue weighted by Crippen LogP contribution is -2.41. The molecule has 1 amide bonds. The predicted molar refractivity (Wildman–Crippen MR) is 73.3 cm³/mol. The molecule has 0 radical (unpaired) electrons. The highest BCUT2D eigenvalue weighted by Crippen LogP contribution is 2.23. The highest BCUT2D eigenvalue weighted by molar-refractivity contribution is 7.88. The number of hydrazone groups is 1. The molecule has 0 fully saturated rings. The van der Waals surface area contributed by atoms with Crippen LogP contribution < -0.4 is 5.01 Å². The maximum absolute atomic E-state index is 12.1. The van der Waals surface area contributed by atoms with Crippen LogP contribution in [0.5, 0.6) is 0 Å².